The van der Waals surface area contributed by atoms with Crippen LogP contribution in [-0.2, 0) is 17.8 Å². The van der Waals surface area contributed by atoms with E-state index >= 15 is 0 Å². The maximum atomic E-state index is 12.8. The van der Waals surface area contributed by atoms with Gasteiger partial charge in [-0.1, -0.05) is 17.7 Å². The van der Waals surface area contributed by atoms with Gasteiger partial charge in [0.05, 0.1) is 0 Å². The molecule has 2 aromatic rings. The van der Waals surface area contributed by atoms with Gasteiger partial charge in [-0.3, -0.25) is 9.59 Å². The van der Waals surface area contributed by atoms with E-state index in [1.54, 1.807) is 18.3 Å². The van der Waals surface area contributed by atoms with E-state index in [0.717, 1.165) is 29.8 Å². The van der Waals surface area contributed by atoms with Gasteiger partial charge in [-0.25, -0.2) is 4.98 Å². The molecule has 4 rings (SSSR count). The minimum Gasteiger partial charge on any atom is -0.334 e. The highest BCUT2D eigenvalue weighted by molar-refractivity contribution is 6.30. The number of hydrogen-bond donors (Lipinski definition) is 1. The van der Waals surface area contributed by atoms with Crippen LogP contribution >= 0.6 is 11.6 Å². The van der Waals surface area contributed by atoms with E-state index in [-0.39, 0.29) is 17.7 Å². The molecule has 2 aliphatic rings. The Morgan fingerprint density at radius 1 is 1.16 bits per heavy atom. The standard InChI is InChI=1S/C19H18ClN3O2/c20-16-4-3-15-11-23(8-6-13(15)9-16)19(25)14-5-7-21-17(10-14)22-18(24)12-1-2-12/h3-5,7,9-10,12H,1-2,6,8,11H2,(H,21,22,24). The second kappa shape index (κ2) is 6.48. The van der Waals surface area contributed by atoms with Crippen LogP contribution in [0.4, 0.5) is 5.82 Å². The van der Waals surface area contributed by atoms with Crippen molar-refractivity contribution >= 4 is 29.2 Å². The summed E-state index contributed by atoms with van der Waals surface area (Å²) in [5.74, 6) is 0.476. The van der Waals surface area contributed by atoms with Crippen LogP contribution in [0.2, 0.25) is 5.02 Å². The highest BCUT2D eigenvalue weighted by atomic mass is 35.5. The number of carbonyl (C=O) groups excluding carboxylic acids is 2. The van der Waals surface area contributed by atoms with Crippen molar-refractivity contribution in [1.82, 2.24) is 9.88 Å². The molecule has 1 saturated carbocycles. The number of anilines is 1. The first-order valence-electron chi connectivity index (χ1n) is 8.43. The summed E-state index contributed by atoms with van der Waals surface area (Å²) < 4.78 is 0. The molecule has 2 amide bonds. The lowest BCUT2D eigenvalue weighted by Crippen LogP contribution is -2.36. The zero-order valence-electron chi connectivity index (χ0n) is 13.7. The Kier molecular flexibility index (Phi) is 4.17. The van der Waals surface area contributed by atoms with Crippen molar-refractivity contribution in [2.45, 2.75) is 25.8 Å². The number of hydrogen-bond acceptors (Lipinski definition) is 3. The maximum absolute atomic E-state index is 12.8. The number of pyridine rings is 1. The summed E-state index contributed by atoms with van der Waals surface area (Å²) in [7, 11) is 0. The van der Waals surface area contributed by atoms with Crippen molar-refractivity contribution in [3.8, 4) is 0 Å². The highest BCUT2D eigenvalue weighted by Gasteiger charge is 2.30. The number of fused-ring (bicyclic) bond motifs is 1. The van der Waals surface area contributed by atoms with Crippen molar-refractivity contribution in [2.75, 3.05) is 11.9 Å². The maximum Gasteiger partial charge on any atom is 0.254 e. The Balaban J connectivity index is 1.49. The summed E-state index contributed by atoms with van der Waals surface area (Å²) >= 11 is 6.04. The van der Waals surface area contributed by atoms with Crippen LogP contribution in [0.5, 0.6) is 0 Å². The first-order valence-corrected chi connectivity index (χ1v) is 8.81. The third-order valence-electron chi connectivity index (χ3n) is 4.67. The van der Waals surface area contributed by atoms with Gasteiger partial charge in [0.2, 0.25) is 5.91 Å². The molecular weight excluding hydrogens is 338 g/mol. The summed E-state index contributed by atoms with van der Waals surface area (Å²) in [5, 5.41) is 3.51. The normalized spacial score (nSPS) is 16.3. The molecule has 1 fully saturated rings. The van der Waals surface area contributed by atoms with Gasteiger partial charge in [-0.05, 0) is 54.7 Å². The van der Waals surface area contributed by atoms with Crippen molar-refractivity contribution in [2.24, 2.45) is 5.92 Å². The smallest absolute Gasteiger partial charge is 0.254 e. The first-order chi connectivity index (χ1) is 12.1. The number of benzene rings is 1. The lowest BCUT2D eigenvalue weighted by atomic mass is 9.99. The zero-order valence-corrected chi connectivity index (χ0v) is 14.4. The molecule has 0 radical (unpaired) electrons. The van der Waals surface area contributed by atoms with Gasteiger partial charge in [-0.15, -0.1) is 0 Å². The first kappa shape index (κ1) is 16.1. The van der Waals surface area contributed by atoms with E-state index in [0.29, 0.717) is 24.5 Å². The number of halogens is 1. The molecule has 0 unspecified atom stereocenters. The van der Waals surface area contributed by atoms with E-state index in [9.17, 15) is 9.59 Å². The summed E-state index contributed by atoms with van der Waals surface area (Å²) in [6.07, 6.45) is 4.22. The number of rotatable bonds is 3. The minimum absolute atomic E-state index is 0.0131. The van der Waals surface area contributed by atoms with Gasteiger partial charge >= 0.3 is 0 Å². The van der Waals surface area contributed by atoms with E-state index in [4.69, 9.17) is 11.6 Å². The second-order valence-corrected chi connectivity index (χ2v) is 7.02. The van der Waals surface area contributed by atoms with Crippen LogP contribution in [0.3, 0.4) is 0 Å². The molecule has 2 heterocycles. The molecule has 0 bridgehead atoms. The van der Waals surface area contributed by atoms with Gasteiger partial charge in [0.25, 0.3) is 5.91 Å². The topological polar surface area (TPSA) is 62.3 Å². The van der Waals surface area contributed by atoms with Gasteiger partial charge in [-0.2, -0.15) is 0 Å². The number of aromatic nitrogens is 1. The Morgan fingerprint density at radius 2 is 2.00 bits per heavy atom. The number of amides is 2. The number of nitrogens with one attached hydrogen (secondary N) is 1. The van der Waals surface area contributed by atoms with Crippen LogP contribution in [0.1, 0.15) is 34.3 Å². The van der Waals surface area contributed by atoms with Crippen molar-refractivity contribution in [3.05, 3.63) is 58.2 Å². The Bertz CT molecular complexity index is 848. The molecule has 1 aliphatic carbocycles. The lowest BCUT2D eigenvalue weighted by Gasteiger charge is -2.29. The summed E-state index contributed by atoms with van der Waals surface area (Å²) in [4.78, 5) is 30.6. The van der Waals surface area contributed by atoms with Crippen molar-refractivity contribution in [3.63, 3.8) is 0 Å². The third-order valence-corrected chi connectivity index (χ3v) is 4.91. The molecule has 5 nitrogen and oxygen atoms in total. The molecule has 1 aromatic heterocycles. The average molecular weight is 356 g/mol. The van der Waals surface area contributed by atoms with Crippen LogP contribution in [-0.4, -0.2) is 28.2 Å². The Hall–Kier alpha value is -2.40. The molecule has 0 saturated heterocycles. The summed E-state index contributed by atoms with van der Waals surface area (Å²) in [6, 6.07) is 9.14. The van der Waals surface area contributed by atoms with Gasteiger partial charge in [0, 0.05) is 35.8 Å². The molecule has 25 heavy (non-hydrogen) atoms. The molecular formula is C19H18ClN3O2. The average Bonchev–Trinajstić information content (AvgIpc) is 3.46. The van der Waals surface area contributed by atoms with Gasteiger partial charge in [0.15, 0.2) is 0 Å². The van der Waals surface area contributed by atoms with E-state index < -0.39 is 0 Å². The fourth-order valence-corrected chi connectivity index (χ4v) is 3.28. The number of carbonyl (C=O) groups is 2. The molecule has 0 spiro atoms. The summed E-state index contributed by atoms with van der Waals surface area (Å²) in [5.41, 5.74) is 2.86. The highest BCUT2D eigenvalue weighted by Crippen LogP contribution is 2.30. The van der Waals surface area contributed by atoms with Crippen molar-refractivity contribution in [1.29, 1.82) is 0 Å². The second-order valence-electron chi connectivity index (χ2n) is 6.58. The SMILES string of the molecule is O=C(Nc1cc(C(=O)N2CCc3cc(Cl)ccc3C2)ccn1)C1CC1. The minimum atomic E-state index is -0.0510. The van der Waals surface area contributed by atoms with Crippen LogP contribution in [0, 0.1) is 5.92 Å². The van der Waals surface area contributed by atoms with E-state index in [1.807, 2.05) is 23.1 Å². The van der Waals surface area contributed by atoms with Crippen LogP contribution in [0.15, 0.2) is 36.5 Å². The Labute approximate surface area is 151 Å². The Morgan fingerprint density at radius 3 is 2.80 bits per heavy atom. The molecule has 1 aromatic carbocycles. The molecule has 1 N–H and O–H groups in total. The van der Waals surface area contributed by atoms with Crippen LogP contribution < -0.4 is 5.32 Å². The summed E-state index contributed by atoms with van der Waals surface area (Å²) in [6.45, 7) is 1.22. The fourth-order valence-electron chi connectivity index (χ4n) is 3.08. The quantitative estimate of drug-likeness (QED) is 0.919. The molecule has 6 heteroatoms. The largest absolute Gasteiger partial charge is 0.334 e. The molecule has 1 aliphatic heterocycles. The zero-order chi connectivity index (χ0) is 17.4. The third kappa shape index (κ3) is 3.51. The van der Waals surface area contributed by atoms with Gasteiger partial charge < -0.3 is 10.2 Å². The van der Waals surface area contributed by atoms with E-state index in [1.165, 1.54) is 5.56 Å². The predicted octanol–water partition coefficient (Wildman–Crippen LogP) is 3.28. The van der Waals surface area contributed by atoms with Crippen LogP contribution in [0.25, 0.3) is 0 Å². The predicted molar refractivity (Wildman–Crippen MR) is 95.5 cm³/mol. The number of nitrogens with zero attached hydrogens (tertiary/aromatic N) is 2. The molecule has 0 atom stereocenters. The lowest BCUT2D eigenvalue weighted by molar-refractivity contribution is -0.117. The fraction of sp³-hybridized carbons (Fsp3) is 0.316. The van der Waals surface area contributed by atoms with Crippen molar-refractivity contribution < 1.29 is 9.59 Å². The molecule has 128 valence electrons. The monoisotopic (exact) mass is 355 g/mol. The van der Waals surface area contributed by atoms with E-state index in [2.05, 4.69) is 10.3 Å². The van der Waals surface area contributed by atoms with Gasteiger partial charge in [0.1, 0.15) is 5.82 Å².